The Kier molecular flexibility index (Phi) is 5.82. The fourth-order valence-corrected chi connectivity index (χ4v) is 1.80. The van der Waals surface area contributed by atoms with Crippen LogP contribution in [0.25, 0.3) is 0 Å². The lowest BCUT2D eigenvalue weighted by atomic mass is 9.96. The van der Waals surface area contributed by atoms with E-state index in [2.05, 4.69) is 19.2 Å². The fraction of sp³-hybridized carbons (Fsp3) is 0.571. The average molecular weight is 274 g/mol. The second-order valence-electron chi connectivity index (χ2n) is 5.07. The van der Waals surface area contributed by atoms with E-state index in [9.17, 15) is 13.2 Å². The van der Waals surface area contributed by atoms with Gasteiger partial charge in [0.05, 0.1) is 5.56 Å². The van der Waals surface area contributed by atoms with E-state index in [1.165, 1.54) is 12.1 Å². The van der Waals surface area contributed by atoms with Gasteiger partial charge in [0.1, 0.15) is 0 Å². The van der Waals surface area contributed by atoms with E-state index >= 15 is 0 Å². The maximum atomic E-state index is 12.4. The Morgan fingerprint density at radius 2 is 1.74 bits per heavy atom. The molecule has 3 N–H and O–H groups in total. The van der Waals surface area contributed by atoms with Gasteiger partial charge in [-0.25, -0.2) is 0 Å². The summed E-state index contributed by atoms with van der Waals surface area (Å²) in [6.07, 6.45) is -4.27. The molecule has 1 rings (SSSR count). The second-order valence-corrected chi connectivity index (χ2v) is 5.07. The molecule has 1 unspecified atom stereocenters. The van der Waals surface area contributed by atoms with Crippen molar-refractivity contribution in [3.8, 4) is 0 Å². The van der Waals surface area contributed by atoms with Gasteiger partial charge in [0.15, 0.2) is 0 Å². The molecule has 0 aromatic heterocycles. The van der Waals surface area contributed by atoms with E-state index in [4.69, 9.17) is 5.73 Å². The molecule has 0 heterocycles. The van der Waals surface area contributed by atoms with Gasteiger partial charge >= 0.3 is 6.18 Å². The highest BCUT2D eigenvalue weighted by atomic mass is 19.4. The summed E-state index contributed by atoms with van der Waals surface area (Å²) >= 11 is 0. The number of hydrogen-bond donors (Lipinski definition) is 2. The monoisotopic (exact) mass is 274 g/mol. The molecule has 0 spiro atoms. The summed E-state index contributed by atoms with van der Waals surface area (Å²) in [4.78, 5) is 0. The zero-order chi connectivity index (χ0) is 14.5. The lowest BCUT2D eigenvalue weighted by Gasteiger charge is -2.19. The van der Waals surface area contributed by atoms with Gasteiger partial charge in [-0.05, 0) is 42.6 Å². The van der Waals surface area contributed by atoms with Gasteiger partial charge in [-0.2, -0.15) is 13.2 Å². The standard InChI is InChI=1S/C14H21F3N2/c1-10(2)12(7-18)9-19-8-11-3-5-13(6-4-11)14(15,16)17/h3-6,10,12,19H,7-9,18H2,1-2H3. The van der Waals surface area contributed by atoms with E-state index in [1.807, 2.05) is 0 Å². The fourth-order valence-electron chi connectivity index (χ4n) is 1.80. The highest BCUT2D eigenvalue weighted by molar-refractivity contribution is 5.24. The number of nitrogens with one attached hydrogen (secondary N) is 1. The summed E-state index contributed by atoms with van der Waals surface area (Å²) in [6.45, 7) is 6.16. The predicted octanol–water partition coefficient (Wildman–Crippen LogP) is 3.03. The molecule has 1 aromatic rings. The maximum Gasteiger partial charge on any atom is 0.416 e. The van der Waals surface area contributed by atoms with Crippen LogP contribution >= 0.6 is 0 Å². The molecule has 108 valence electrons. The van der Waals surface area contributed by atoms with Crippen LogP contribution in [0.15, 0.2) is 24.3 Å². The van der Waals surface area contributed by atoms with Crippen molar-refractivity contribution < 1.29 is 13.2 Å². The summed E-state index contributed by atoms with van der Waals surface area (Å²) in [6, 6.07) is 5.23. The van der Waals surface area contributed by atoms with Crippen molar-refractivity contribution in [1.82, 2.24) is 5.32 Å². The van der Waals surface area contributed by atoms with Crippen LogP contribution < -0.4 is 11.1 Å². The summed E-state index contributed by atoms with van der Waals surface area (Å²) in [7, 11) is 0. The van der Waals surface area contributed by atoms with Gasteiger partial charge in [0.2, 0.25) is 0 Å². The topological polar surface area (TPSA) is 38.0 Å². The van der Waals surface area contributed by atoms with Crippen LogP contribution in [0.2, 0.25) is 0 Å². The number of rotatable bonds is 6. The van der Waals surface area contributed by atoms with E-state index < -0.39 is 11.7 Å². The Balaban J connectivity index is 2.46. The van der Waals surface area contributed by atoms with Gasteiger partial charge in [-0.1, -0.05) is 26.0 Å². The van der Waals surface area contributed by atoms with Crippen LogP contribution in [0.1, 0.15) is 25.0 Å². The minimum absolute atomic E-state index is 0.384. The maximum absolute atomic E-state index is 12.4. The zero-order valence-corrected chi connectivity index (χ0v) is 11.3. The Bertz CT molecular complexity index is 371. The van der Waals surface area contributed by atoms with Crippen LogP contribution in [0.4, 0.5) is 13.2 Å². The SMILES string of the molecule is CC(C)C(CN)CNCc1ccc(C(F)(F)F)cc1. The van der Waals surface area contributed by atoms with Gasteiger partial charge in [0, 0.05) is 6.54 Å². The molecule has 0 saturated heterocycles. The van der Waals surface area contributed by atoms with Crippen LogP contribution in [0, 0.1) is 11.8 Å². The molecule has 19 heavy (non-hydrogen) atoms. The molecule has 0 aliphatic heterocycles. The van der Waals surface area contributed by atoms with Crippen LogP contribution in [0.5, 0.6) is 0 Å². The van der Waals surface area contributed by atoms with Gasteiger partial charge < -0.3 is 11.1 Å². The summed E-state index contributed by atoms with van der Waals surface area (Å²) in [5, 5.41) is 3.23. The molecule has 0 radical (unpaired) electrons. The average Bonchev–Trinajstić information content (AvgIpc) is 2.33. The Morgan fingerprint density at radius 1 is 1.16 bits per heavy atom. The smallest absolute Gasteiger partial charge is 0.330 e. The van der Waals surface area contributed by atoms with Crippen molar-refractivity contribution in [2.75, 3.05) is 13.1 Å². The highest BCUT2D eigenvalue weighted by Gasteiger charge is 2.29. The molecule has 0 fully saturated rings. The van der Waals surface area contributed by atoms with Crippen molar-refractivity contribution in [3.63, 3.8) is 0 Å². The third-order valence-corrected chi connectivity index (χ3v) is 3.26. The summed E-state index contributed by atoms with van der Waals surface area (Å²) < 4.78 is 37.1. The Hall–Kier alpha value is -1.07. The quantitative estimate of drug-likeness (QED) is 0.837. The van der Waals surface area contributed by atoms with Crippen molar-refractivity contribution in [2.24, 2.45) is 17.6 Å². The van der Waals surface area contributed by atoms with Gasteiger partial charge in [0.25, 0.3) is 0 Å². The normalized spacial score (nSPS) is 13.8. The molecular weight excluding hydrogens is 253 g/mol. The largest absolute Gasteiger partial charge is 0.416 e. The summed E-state index contributed by atoms with van der Waals surface area (Å²) in [5.41, 5.74) is 5.88. The molecule has 0 aliphatic rings. The number of nitrogens with two attached hydrogens (primary N) is 1. The molecular formula is C14H21F3N2. The van der Waals surface area contributed by atoms with Crippen LogP contribution in [-0.4, -0.2) is 13.1 Å². The second kappa shape index (κ2) is 6.91. The minimum Gasteiger partial charge on any atom is -0.330 e. The first-order chi connectivity index (χ1) is 8.84. The Labute approximate surface area is 112 Å². The lowest BCUT2D eigenvalue weighted by Crippen LogP contribution is -2.31. The van der Waals surface area contributed by atoms with E-state index in [0.717, 1.165) is 24.2 Å². The Morgan fingerprint density at radius 3 is 2.16 bits per heavy atom. The molecule has 0 bridgehead atoms. The van der Waals surface area contributed by atoms with Crippen LogP contribution in [0.3, 0.4) is 0 Å². The number of hydrogen-bond acceptors (Lipinski definition) is 2. The first-order valence-electron chi connectivity index (χ1n) is 6.41. The van der Waals surface area contributed by atoms with Crippen molar-refractivity contribution in [2.45, 2.75) is 26.6 Å². The third-order valence-electron chi connectivity index (χ3n) is 3.26. The van der Waals surface area contributed by atoms with Crippen molar-refractivity contribution >= 4 is 0 Å². The van der Waals surface area contributed by atoms with Crippen molar-refractivity contribution in [3.05, 3.63) is 35.4 Å². The molecule has 0 aliphatic carbocycles. The molecule has 2 nitrogen and oxygen atoms in total. The van der Waals surface area contributed by atoms with E-state index in [1.54, 1.807) is 0 Å². The predicted molar refractivity (Wildman–Crippen MR) is 70.5 cm³/mol. The van der Waals surface area contributed by atoms with Crippen LogP contribution in [-0.2, 0) is 12.7 Å². The molecule has 0 saturated carbocycles. The van der Waals surface area contributed by atoms with Gasteiger partial charge in [-0.15, -0.1) is 0 Å². The molecule has 0 amide bonds. The molecule has 5 heteroatoms. The third kappa shape index (κ3) is 5.20. The molecule has 1 atom stereocenters. The minimum atomic E-state index is -4.27. The number of benzene rings is 1. The first-order valence-corrected chi connectivity index (χ1v) is 6.41. The lowest BCUT2D eigenvalue weighted by molar-refractivity contribution is -0.137. The summed E-state index contributed by atoms with van der Waals surface area (Å²) in [5.74, 6) is 0.875. The van der Waals surface area contributed by atoms with Crippen molar-refractivity contribution in [1.29, 1.82) is 0 Å². The number of alkyl halides is 3. The van der Waals surface area contributed by atoms with E-state index in [0.29, 0.717) is 24.9 Å². The number of halogens is 3. The molecule has 1 aromatic carbocycles. The zero-order valence-electron chi connectivity index (χ0n) is 11.3. The highest BCUT2D eigenvalue weighted by Crippen LogP contribution is 2.29. The van der Waals surface area contributed by atoms with Gasteiger partial charge in [-0.3, -0.25) is 0 Å². The first kappa shape index (κ1) is 16.0. The van der Waals surface area contributed by atoms with E-state index in [-0.39, 0.29) is 0 Å².